The normalized spacial score (nSPS) is 15.9. The highest BCUT2D eigenvalue weighted by Crippen LogP contribution is 2.21. The van der Waals surface area contributed by atoms with E-state index < -0.39 is 0 Å². The Kier molecular flexibility index (Phi) is 5.27. The molecule has 1 heterocycles. The van der Waals surface area contributed by atoms with Crippen LogP contribution in [0, 0.1) is 13.8 Å². The molecule has 0 radical (unpaired) electrons. The summed E-state index contributed by atoms with van der Waals surface area (Å²) in [6.45, 7) is 3.80. The second kappa shape index (κ2) is 6.96. The minimum atomic E-state index is -0.0799. The summed E-state index contributed by atoms with van der Waals surface area (Å²) >= 11 is 1.54. The van der Waals surface area contributed by atoms with Gasteiger partial charge in [0.25, 0.3) is 5.91 Å². The summed E-state index contributed by atoms with van der Waals surface area (Å²) in [7, 11) is 0. The third-order valence-corrected chi connectivity index (χ3v) is 4.26. The van der Waals surface area contributed by atoms with Crippen LogP contribution in [0.1, 0.15) is 42.7 Å². The molecule has 1 N–H and O–H groups in total. The Balaban J connectivity index is 1.63. The van der Waals surface area contributed by atoms with E-state index in [2.05, 4.69) is 10.6 Å². The fourth-order valence-corrected chi connectivity index (χ4v) is 3.10. The third-order valence-electron chi connectivity index (χ3n) is 3.30. The zero-order chi connectivity index (χ0) is 13.7. The van der Waals surface area contributed by atoms with Crippen molar-refractivity contribution in [2.75, 3.05) is 5.75 Å². The molecule has 1 amide bonds. The van der Waals surface area contributed by atoms with Crippen LogP contribution >= 0.6 is 11.8 Å². The van der Waals surface area contributed by atoms with Crippen molar-refractivity contribution in [1.82, 2.24) is 10.6 Å². The maximum Gasteiger partial charge on any atom is 0.253 e. The molecule has 1 fully saturated rings. The van der Waals surface area contributed by atoms with Crippen LogP contribution in [0.25, 0.3) is 0 Å². The standard InChI is InChI=1S/C13H20N2O3S/c1-9-12(10(2)17-14-9)7-19-8-13(16)15-18-11-5-3-4-6-11/h11H,3-8H2,1-2H3,(H,15,16). The quantitative estimate of drug-likeness (QED) is 0.813. The summed E-state index contributed by atoms with van der Waals surface area (Å²) in [5.74, 6) is 1.87. The molecule has 0 aliphatic heterocycles. The highest BCUT2D eigenvalue weighted by Gasteiger charge is 2.17. The molecular formula is C13H20N2O3S. The average molecular weight is 284 g/mol. The number of carbonyl (C=O) groups excluding carboxylic acids is 1. The Labute approximate surface area is 117 Å². The minimum absolute atomic E-state index is 0.0799. The molecule has 19 heavy (non-hydrogen) atoms. The Bertz CT molecular complexity index is 408. The van der Waals surface area contributed by atoms with Crippen molar-refractivity contribution in [2.24, 2.45) is 0 Å². The van der Waals surface area contributed by atoms with E-state index >= 15 is 0 Å². The van der Waals surface area contributed by atoms with Crippen molar-refractivity contribution >= 4 is 17.7 Å². The molecule has 106 valence electrons. The van der Waals surface area contributed by atoms with Crippen LogP contribution in [0.5, 0.6) is 0 Å². The molecule has 6 heteroatoms. The highest BCUT2D eigenvalue weighted by molar-refractivity contribution is 7.99. The van der Waals surface area contributed by atoms with E-state index in [0.29, 0.717) is 5.75 Å². The maximum absolute atomic E-state index is 11.6. The molecule has 0 unspecified atom stereocenters. The molecule has 0 aromatic carbocycles. The van der Waals surface area contributed by atoms with Gasteiger partial charge in [0.2, 0.25) is 0 Å². The van der Waals surface area contributed by atoms with Crippen LogP contribution in [0.2, 0.25) is 0 Å². The number of nitrogens with one attached hydrogen (secondary N) is 1. The summed E-state index contributed by atoms with van der Waals surface area (Å²) in [6, 6.07) is 0. The number of hydrogen-bond donors (Lipinski definition) is 1. The fraction of sp³-hybridized carbons (Fsp3) is 0.692. The van der Waals surface area contributed by atoms with E-state index in [-0.39, 0.29) is 12.0 Å². The van der Waals surface area contributed by atoms with Crippen LogP contribution in [-0.4, -0.2) is 22.9 Å². The second-order valence-electron chi connectivity index (χ2n) is 4.85. The van der Waals surface area contributed by atoms with Gasteiger partial charge in [0, 0.05) is 11.3 Å². The Morgan fingerprint density at radius 3 is 2.84 bits per heavy atom. The first-order valence-corrected chi connectivity index (χ1v) is 7.76. The lowest BCUT2D eigenvalue weighted by molar-refractivity contribution is -0.135. The summed E-state index contributed by atoms with van der Waals surface area (Å²) in [6.07, 6.45) is 4.69. The van der Waals surface area contributed by atoms with Crippen LogP contribution in [0.3, 0.4) is 0 Å². The van der Waals surface area contributed by atoms with Crippen molar-refractivity contribution in [3.8, 4) is 0 Å². The van der Waals surface area contributed by atoms with Gasteiger partial charge in [-0.3, -0.25) is 9.63 Å². The first kappa shape index (κ1) is 14.4. The van der Waals surface area contributed by atoms with Crippen molar-refractivity contribution < 1.29 is 14.2 Å². The molecule has 2 rings (SSSR count). The molecule has 0 spiro atoms. The lowest BCUT2D eigenvalue weighted by atomic mass is 10.2. The van der Waals surface area contributed by atoms with E-state index in [0.717, 1.165) is 35.6 Å². The number of thioether (sulfide) groups is 1. The first-order valence-electron chi connectivity index (χ1n) is 6.61. The molecule has 0 bridgehead atoms. The first-order chi connectivity index (χ1) is 9.16. The van der Waals surface area contributed by atoms with E-state index in [4.69, 9.17) is 9.36 Å². The minimum Gasteiger partial charge on any atom is -0.361 e. The number of amides is 1. The second-order valence-corrected chi connectivity index (χ2v) is 5.83. The van der Waals surface area contributed by atoms with Crippen molar-refractivity contribution in [1.29, 1.82) is 0 Å². The molecule has 1 aromatic heterocycles. The fourth-order valence-electron chi connectivity index (χ4n) is 2.14. The van der Waals surface area contributed by atoms with Gasteiger partial charge in [0.1, 0.15) is 5.76 Å². The number of nitrogens with zero attached hydrogens (tertiary/aromatic N) is 1. The predicted octanol–water partition coefficient (Wildman–Crippen LogP) is 2.52. The van der Waals surface area contributed by atoms with Crippen LogP contribution < -0.4 is 5.48 Å². The van der Waals surface area contributed by atoms with E-state index in [9.17, 15) is 4.79 Å². The zero-order valence-corrected chi connectivity index (χ0v) is 12.2. The zero-order valence-electron chi connectivity index (χ0n) is 11.4. The van der Waals surface area contributed by atoms with Crippen molar-refractivity contribution in [2.45, 2.75) is 51.4 Å². The Morgan fingerprint density at radius 1 is 1.47 bits per heavy atom. The number of hydrogen-bond acceptors (Lipinski definition) is 5. The van der Waals surface area contributed by atoms with Crippen LogP contribution in [-0.2, 0) is 15.4 Å². The summed E-state index contributed by atoms with van der Waals surface area (Å²) < 4.78 is 5.08. The number of rotatable bonds is 6. The summed E-state index contributed by atoms with van der Waals surface area (Å²) in [5.41, 5.74) is 4.51. The Morgan fingerprint density at radius 2 is 2.21 bits per heavy atom. The van der Waals surface area contributed by atoms with Crippen molar-refractivity contribution in [3.05, 3.63) is 17.0 Å². The lowest BCUT2D eigenvalue weighted by Crippen LogP contribution is -2.29. The molecule has 0 atom stereocenters. The summed E-state index contributed by atoms with van der Waals surface area (Å²) in [4.78, 5) is 17.0. The van der Waals surface area contributed by atoms with Gasteiger partial charge >= 0.3 is 0 Å². The predicted molar refractivity (Wildman–Crippen MR) is 73.6 cm³/mol. The molecule has 0 saturated heterocycles. The molecule has 1 aliphatic rings. The van der Waals surface area contributed by atoms with Gasteiger partial charge in [-0.25, -0.2) is 5.48 Å². The maximum atomic E-state index is 11.6. The van der Waals surface area contributed by atoms with Gasteiger partial charge in [-0.1, -0.05) is 18.0 Å². The number of aryl methyl sites for hydroxylation is 2. The van der Waals surface area contributed by atoms with Gasteiger partial charge in [0.15, 0.2) is 0 Å². The van der Waals surface area contributed by atoms with E-state index in [1.165, 1.54) is 24.6 Å². The average Bonchev–Trinajstić information content (AvgIpc) is 3.00. The molecular weight excluding hydrogens is 264 g/mol. The van der Waals surface area contributed by atoms with Gasteiger partial charge in [0.05, 0.1) is 17.6 Å². The summed E-state index contributed by atoms with van der Waals surface area (Å²) in [5, 5.41) is 3.89. The topological polar surface area (TPSA) is 64.4 Å². The number of hydroxylamine groups is 1. The van der Waals surface area contributed by atoms with E-state index in [1.54, 1.807) is 0 Å². The van der Waals surface area contributed by atoms with Crippen molar-refractivity contribution in [3.63, 3.8) is 0 Å². The SMILES string of the molecule is Cc1noc(C)c1CSCC(=O)NOC1CCCC1. The third kappa shape index (κ3) is 4.24. The number of aromatic nitrogens is 1. The molecule has 1 aromatic rings. The van der Waals surface area contributed by atoms with E-state index in [1.807, 2.05) is 13.8 Å². The van der Waals surface area contributed by atoms with Gasteiger partial charge in [-0.05, 0) is 26.7 Å². The highest BCUT2D eigenvalue weighted by atomic mass is 32.2. The molecule has 1 aliphatic carbocycles. The monoisotopic (exact) mass is 284 g/mol. The molecule has 1 saturated carbocycles. The number of carbonyl (C=O) groups is 1. The van der Waals surface area contributed by atoms with Crippen LogP contribution in [0.15, 0.2) is 4.52 Å². The largest absolute Gasteiger partial charge is 0.361 e. The van der Waals surface area contributed by atoms with Crippen LogP contribution in [0.4, 0.5) is 0 Å². The van der Waals surface area contributed by atoms with Gasteiger partial charge in [-0.2, -0.15) is 0 Å². The van der Waals surface area contributed by atoms with Gasteiger partial charge < -0.3 is 4.52 Å². The lowest BCUT2D eigenvalue weighted by Gasteiger charge is -2.11. The molecule has 5 nitrogen and oxygen atoms in total. The smallest absolute Gasteiger partial charge is 0.253 e. The Hall–Kier alpha value is -1.01. The van der Waals surface area contributed by atoms with Gasteiger partial charge in [-0.15, -0.1) is 11.8 Å².